The summed E-state index contributed by atoms with van der Waals surface area (Å²) in [7, 11) is 0. The lowest BCUT2D eigenvalue weighted by atomic mass is 10.1. The minimum atomic E-state index is 0.0620. The molecule has 4 aromatic rings. The molecular formula is C20H18ClN5S. The number of anilines is 1. The van der Waals surface area contributed by atoms with Gasteiger partial charge in [0, 0.05) is 41.0 Å². The number of halogens is 1. The van der Waals surface area contributed by atoms with Crippen LogP contribution in [0.25, 0.3) is 21.3 Å². The molecule has 0 amide bonds. The third-order valence-electron chi connectivity index (χ3n) is 4.30. The summed E-state index contributed by atoms with van der Waals surface area (Å²) in [5.41, 5.74) is 8.12. The monoisotopic (exact) mass is 395 g/mol. The lowest BCUT2D eigenvalue weighted by molar-refractivity contribution is 0.721. The smallest absolute Gasteiger partial charge is 0.206 e. The SMILES string of the molecule is NCC(Cc1cccc(Cl)c1)Nc1nnc(-c2ccc3cnccc3c2)s1. The standard InChI is InChI=1S/C20H18ClN5S/c21-17-3-1-2-13(8-17)9-18(11-22)24-20-26-25-19(27-20)15-4-5-16-12-23-7-6-14(16)10-15/h1-8,10,12,18H,9,11,22H2,(H,24,26). The van der Waals surface area contributed by atoms with Gasteiger partial charge < -0.3 is 11.1 Å². The Balaban J connectivity index is 1.50. The Bertz CT molecular complexity index is 1060. The Morgan fingerprint density at radius 2 is 2.00 bits per heavy atom. The average molecular weight is 396 g/mol. The van der Waals surface area contributed by atoms with Crippen LogP contribution in [0.1, 0.15) is 5.56 Å². The van der Waals surface area contributed by atoms with E-state index in [4.69, 9.17) is 17.3 Å². The fraction of sp³-hybridized carbons (Fsp3) is 0.150. The molecule has 0 aliphatic carbocycles. The van der Waals surface area contributed by atoms with Crippen LogP contribution in [-0.4, -0.2) is 27.8 Å². The molecule has 5 nitrogen and oxygen atoms in total. The number of fused-ring (bicyclic) bond motifs is 1. The molecule has 2 aromatic heterocycles. The fourth-order valence-corrected chi connectivity index (χ4v) is 3.96. The molecule has 0 aliphatic rings. The number of hydrogen-bond acceptors (Lipinski definition) is 6. The van der Waals surface area contributed by atoms with Crippen molar-refractivity contribution in [3.63, 3.8) is 0 Å². The van der Waals surface area contributed by atoms with Gasteiger partial charge in [-0.1, -0.05) is 47.2 Å². The second kappa shape index (κ2) is 8.00. The molecule has 0 spiro atoms. The number of pyridine rings is 1. The van der Waals surface area contributed by atoms with Crippen molar-refractivity contribution in [2.75, 3.05) is 11.9 Å². The van der Waals surface area contributed by atoms with Gasteiger partial charge in [0.2, 0.25) is 5.13 Å². The maximum absolute atomic E-state index is 6.07. The van der Waals surface area contributed by atoms with Crippen LogP contribution in [0, 0.1) is 0 Å². The van der Waals surface area contributed by atoms with Crippen LogP contribution < -0.4 is 11.1 Å². The van der Waals surface area contributed by atoms with Crippen LogP contribution in [0.5, 0.6) is 0 Å². The zero-order valence-electron chi connectivity index (χ0n) is 14.5. The average Bonchev–Trinajstić information content (AvgIpc) is 3.15. The summed E-state index contributed by atoms with van der Waals surface area (Å²) in [4.78, 5) is 4.15. The van der Waals surface area contributed by atoms with Crippen molar-refractivity contribution in [2.45, 2.75) is 12.5 Å². The molecule has 27 heavy (non-hydrogen) atoms. The molecule has 4 rings (SSSR count). The number of nitrogens with zero attached hydrogens (tertiary/aromatic N) is 3. The molecule has 0 aliphatic heterocycles. The van der Waals surface area contributed by atoms with E-state index in [1.807, 2.05) is 48.7 Å². The van der Waals surface area contributed by atoms with Crippen LogP contribution in [0.4, 0.5) is 5.13 Å². The lowest BCUT2D eigenvalue weighted by Crippen LogP contribution is -2.31. The molecule has 0 radical (unpaired) electrons. The lowest BCUT2D eigenvalue weighted by Gasteiger charge is -2.15. The number of benzene rings is 2. The quantitative estimate of drug-likeness (QED) is 0.506. The Labute approximate surface area is 166 Å². The first-order chi connectivity index (χ1) is 13.2. The normalized spacial score (nSPS) is 12.2. The summed E-state index contributed by atoms with van der Waals surface area (Å²) < 4.78 is 0. The van der Waals surface area contributed by atoms with Gasteiger partial charge in [0.25, 0.3) is 0 Å². The Kier molecular flexibility index (Phi) is 5.29. The maximum atomic E-state index is 6.07. The molecule has 0 saturated carbocycles. The van der Waals surface area contributed by atoms with Crippen molar-refractivity contribution in [1.82, 2.24) is 15.2 Å². The molecule has 3 N–H and O–H groups in total. The third kappa shape index (κ3) is 4.24. The highest BCUT2D eigenvalue weighted by atomic mass is 35.5. The molecule has 0 bridgehead atoms. The summed E-state index contributed by atoms with van der Waals surface area (Å²) in [6, 6.07) is 16.1. The Morgan fingerprint density at radius 1 is 1.07 bits per heavy atom. The van der Waals surface area contributed by atoms with Crippen LogP contribution in [0.15, 0.2) is 60.9 Å². The molecule has 2 aromatic carbocycles. The number of hydrogen-bond donors (Lipinski definition) is 2. The van der Waals surface area contributed by atoms with E-state index in [1.54, 1.807) is 6.20 Å². The van der Waals surface area contributed by atoms with E-state index in [0.717, 1.165) is 43.5 Å². The zero-order chi connectivity index (χ0) is 18.6. The summed E-state index contributed by atoms with van der Waals surface area (Å²) in [6.45, 7) is 0.490. The Hall–Kier alpha value is -2.54. The molecular weight excluding hydrogens is 378 g/mol. The fourth-order valence-electron chi connectivity index (χ4n) is 2.93. The molecule has 0 saturated heterocycles. The molecule has 7 heteroatoms. The topological polar surface area (TPSA) is 76.7 Å². The molecule has 136 valence electrons. The van der Waals surface area contributed by atoms with Gasteiger partial charge in [-0.3, -0.25) is 4.98 Å². The highest BCUT2D eigenvalue weighted by molar-refractivity contribution is 7.18. The number of nitrogens with two attached hydrogens (primary N) is 1. The highest BCUT2D eigenvalue weighted by Crippen LogP contribution is 2.29. The van der Waals surface area contributed by atoms with Crippen molar-refractivity contribution in [3.8, 4) is 10.6 Å². The van der Waals surface area contributed by atoms with Crippen molar-refractivity contribution in [3.05, 3.63) is 71.5 Å². The van der Waals surface area contributed by atoms with Gasteiger partial charge in [-0.25, -0.2) is 0 Å². The minimum absolute atomic E-state index is 0.0620. The molecule has 1 unspecified atom stereocenters. The summed E-state index contributed by atoms with van der Waals surface area (Å²) >= 11 is 7.59. The first-order valence-corrected chi connectivity index (χ1v) is 9.79. The first kappa shape index (κ1) is 17.9. The van der Waals surface area contributed by atoms with Gasteiger partial charge in [-0.05, 0) is 41.6 Å². The van der Waals surface area contributed by atoms with Crippen molar-refractivity contribution < 1.29 is 0 Å². The van der Waals surface area contributed by atoms with Crippen molar-refractivity contribution in [2.24, 2.45) is 5.73 Å². The number of aromatic nitrogens is 3. The summed E-state index contributed by atoms with van der Waals surface area (Å²) in [6.07, 6.45) is 4.42. The van der Waals surface area contributed by atoms with Crippen molar-refractivity contribution >= 4 is 38.8 Å². The molecule has 0 fully saturated rings. The maximum Gasteiger partial charge on any atom is 0.206 e. The van der Waals surface area contributed by atoms with E-state index in [1.165, 1.54) is 11.3 Å². The van der Waals surface area contributed by atoms with Crippen molar-refractivity contribution in [1.29, 1.82) is 0 Å². The largest absolute Gasteiger partial charge is 0.356 e. The first-order valence-electron chi connectivity index (χ1n) is 8.60. The third-order valence-corrected chi connectivity index (χ3v) is 5.43. The van der Waals surface area contributed by atoms with E-state index in [2.05, 4.69) is 26.6 Å². The van der Waals surface area contributed by atoms with E-state index in [-0.39, 0.29) is 6.04 Å². The van der Waals surface area contributed by atoms with E-state index in [0.29, 0.717) is 6.54 Å². The molecule has 1 atom stereocenters. The number of nitrogens with one attached hydrogen (secondary N) is 1. The second-order valence-corrected chi connectivity index (χ2v) is 7.67. The summed E-state index contributed by atoms with van der Waals surface area (Å²) in [5.74, 6) is 0. The summed E-state index contributed by atoms with van der Waals surface area (Å²) in [5, 5.41) is 16.6. The predicted molar refractivity (Wildman–Crippen MR) is 112 cm³/mol. The minimum Gasteiger partial charge on any atom is -0.356 e. The predicted octanol–water partition coefficient (Wildman–Crippen LogP) is 4.39. The second-order valence-electron chi connectivity index (χ2n) is 6.26. The zero-order valence-corrected chi connectivity index (χ0v) is 16.0. The van der Waals surface area contributed by atoms with Gasteiger partial charge in [-0.2, -0.15) is 0 Å². The number of rotatable bonds is 6. The van der Waals surface area contributed by atoms with Crippen LogP contribution in [0.3, 0.4) is 0 Å². The van der Waals surface area contributed by atoms with Gasteiger partial charge in [0.1, 0.15) is 5.01 Å². The van der Waals surface area contributed by atoms with Gasteiger partial charge in [0.15, 0.2) is 0 Å². The van der Waals surface area contributed by atoms with Crippen LogP contribution in [0.2, 0.25) is 5.02 Å². The van der Waals surface area contributed by atoms with Crippen LogP contribution >= 0.6 is 22.9 Å². The van der Waals surface area contributed by atoms with Gasteiger partial charge in [0.05, 0.1) is 0 Å². The van der Waals surface area contributed by atoms with Gasteiger partial charge >= 0.3 is 0 Å². The van der Waals surface area contributed by atoms with E-state index < -0.39 is 0 Å². The van der Waals surface area contributed by atoms with E-state index >= 15 is 0 Å². The van der Waals surface area contributed by atoms with Crippen LogP contribution in [-0.2, 0) is 6.42 Å². The van der Waals surface area contributed by atoms with Gasteiger partial charge in [-0.15, -0.1) is 10.2 Å². The Morgan fingerprint density at radius 3 is 2.85 bits per heavy atom. The molecule has 2 heterocycles. The highest BCUT2D eigenvalue weighted by Gasteiger charge is 2.13. The van der Waals surface area contributed by atoms with E-state index in [9.17, 15) is 0 Å².